The van der Waals surface area contributed by atoms with E-state index in [2.05, 4.69) is 20.4 Å². The normalized spacial score (nSPS) is 26.1. The second-order valence-corrected chi connectivity index (χ2v) is 12.5. The summed E-state index contributed by atoms with van der Waals surface area (Å²) in [6.45, 7) is 3.05. The monoisotopic (exact) mass is 615 g/mol. The molecule has 0 aliphatic carbocycles. The van der Waals surface area contributed by atoms with Crippen molar-refractivity contribution in [2.45, 2.75) is 49.7 Å². The van der Waals surface area contributed by atoms with Crippen molar-refractivity contribution in [3.8, 4) is 22.9 Å². The molecule has 1 N–H and O–H groups in total. The Bertz CT molecular complexity index is 1830. The Morgan fingerprint density at radius 2 is 1.98 bits per heavy atom. The van der Waals surface area contributed by atoms with E-state index in [0.717, 1.165) is 12.5 Å². The molecule has 9 nitrogen and oxygen atoms in total. The van der Waals surface area contributed by atoms with E-state index in [4.69, 9.17) is 9.47 Å². The second-order valence-electron chi connectivity index (χ2n) is 12.5. The molecule has 4 aromatic rings. The van der Waals surface area contributed by atoms with E-state index in [1.165, 1.54) is 16.9 Å². The topological polar surface area (TPSA) is 80.6 Å². The minimum Gasteiger partial charge on any atom is -0.487 e. The molecule has 232 valence electrons. The van der Waals surface area contributed by atoms with Gasteiger partial charge in [-0.2, -0.15) is 15.1 Å². The summed E-state index contributed by atoms with van der Waals surface area (Å²) in [5.41, 5.74) is -1.95. The van der Waals surface area contributed by atoms with Crippen molar-refractivity contribution in [3.63, 3.8) is 0 Å². The fourth-order valence-electron chi connectivity index (χ4n) is 7.56. The van der Waals surface area contributed by atoms with Gasteiger partial charge in [0.1, 0.15) is 30.4 Å². The summed E-state index contributed by atoms with van der Waals surface area (Å²) in [4.78, 5) is 12.7. The zero-order valence-electron chi connectivity index (χ0n) is 24.1. The van der Waals surface area contributed by atoms with Gasteiger partial charge in [-0.25, -0.2) is 22.0 Å². The summed E-state index contributed by atoms with van der Waals surface area (Å²) >= 11 is 0. The summed E-state index contributed by atoms with van der Waals surface area (Å²) in [5.74, 6) is -5.94. The van der Waals surface area contributed by atoms with Crippen LogP contribution in [0.25, 0.3) is 32.9 Å². The predicted octanol–water partition coefficient (Wildman–Crippen LogP) is 4.41. The standard InChI is InChI=1S/C30H30F5N7O2/c1-15-10-42-17(9-36-15)11-43-26-21-24(22(32)20(23(26)33)19-18(31)5-4-16-8-37-40(2)25(16)19)38-28(39-27(21)42)44-14-29-6-3-7-41(29)13-30(34,35)12-29/h4-5,8,15,17,36H,3,6-7,9-14H2,1-2H3/t15-,17+,29+/m1/s1. The molecule has 0 amide bonds. The molecule has 3 atom stereocenters. The van der Waals surface area contributed by atoms with Crippen LogP contribution in [-0.4, -0.2) is 87.6 Å². The van der Waals surface area contributed by atoms with E-state index in [1.54, 1.807) is 11.9 Å². The Balaban J connectivity index is 1.33. The highest BCUT2D eigenvalue weighted by Gasteiger charge is 2.57. The highest BCUT2D eigenvalue weighted by atomic mass is 19.3. The van der Waals surface area contributed by atoms with Gasteiger partial charge in [0, 0.05) is 43.5 Å². The van der Waals surface area contributed by atoms with E-state index < -0.39 is 34.5 Å². The Hall–Kier alpha value is -3.78. The number of benzene rings is 2. The van der Waals surface area contributed by atoms with Gasteiger partial charge in [-0.05, 0) is 38.4 Å². The predicted molar refractivity (Wildman–Crippen MR) is 152 cm³/mol. The number of piperazine rings is 1. The van der Waals surface area contributed by atoms with Crippen molar-refractivity contribution in [1.29, 1.82) is 0 Å². The molecular weight excluding hydrogens is 585 g/mol. The lowest BCUT2D eigenvalue weighted by molar-refractivity contribution is 0.00803. The van der Waals surface area contributed by atoms with Crippen LogP contribution in [0.5, 0.6) is 11.8 Å². The van der Waals surface area contributed by atoms with Gasteiger partial charge >= 0.3 is 6.01 Å². The lowest BCUT2D eigenvalue weighted by atomic mass is 9.94. The molecule has 0 saturated carbocycles. The molecule has 6 heterocycles. The molecule has 3 saturated heterocycles. The molecule has 4 aliphatic rings. The first-order chi connectivity index (χ1) is 21.1. The van der Waals surface area contributed by atoms with Crippen molar-refractivity contribution in [3.05, 3.63) is 35.8 Å². The van der Waals surface area contributed by atoms with Gasteiger partial charge < -0.3 is 19.7 Å². The molecule has 0 radical (unpaired) electrons. The number of rotatable bonds is 4. The number of ether oxygens (including phenoxy) is 2. The number of alkyl halides is 2. The molecular formula is C30H30F5N7O2. The van der Waals surface area contributed by atoms with E-state index in [-0.39, 0.29) is 77.8 Å². The molecule has 14 heteroatoms. The van der Waals surface area contributed by atoms with E-state index in [9.17, 15) is 8.78 Å². The first-order valence-corrected chi connectivity index (χ1v) is 14.8. The molecule has 0 bridgehead atoms. The van der Waals surface area contributed by atoms with Gasteiger partial charge in [0.15, 0.2) is 17.4 Å². The lowest BCUT2D eigenvalue weighted by Crippen LogP contribution is -2.57. The van der Waals surface area contributed by atoms with Gasteiger partial charge in [0.25, 0.3) is 5.92 Å². The number of aromatic nitrogens is 4. The van der Waals surface area contributed by atoms with Gasteiger partial charge in [-0.1, -0.05) is 0 Å². The van der Waals surface area contributed by atoms with E-state index >= 15 is 13.2 Å². The fourth-order valence-corrected chi connectivity index (χ4v) is 7.56. The van der Waals surface area contributed by atoms with Crippen molar-refractivity contribution >= 4 is 27.6 Å². The van der Waals surface area contributed by atoms with Crippen molar-refractivity contribution in [1.82, 2.24) is 30.0 Å². The maximum absolute atomic E-state index is 16.8. The van der Waals surface area contributed by atoms with Crippen LogP contribution in [0.2, 0.25) is 0 Å². The maximum atomic E-state index is 16.8. The first kappa shape index (κ1) is 27.7. The average Bonchev–Trinajstić information content (AvgIpc) is 3.58. The molecule has 2 aromatic heterocycles. The average molecular weight is 616 g/mol. The smallest absolute Gasteiger partial charge is 0.319 e. The van der Waals surface area contributed by atoms with Crippen LogP contribution in [0.15, 0.2) is 18.3 Å². The molecule has 2 aromatic carbocycles. The third-order valence-electron chi connectivity index (χ3n) is 9.57. The second kappa shape index (κ2) is 9.61. The first-order valence-electron chi connectivity index (χ1n) is 14.8. The number of nitrogens with one attached hydrogen (secondary N) is 1. The van der Waals surface area contributed by atoms with Crippen LogP contribution in [0.4, 0.5) is 27.8 Å². The van der Waals surface area contributed by atoms with Gasteiger partial charge in [-0.15, -0.1) is 0 Å². The Labute approximate surface area is 248 Å². The molecule has 3 fully saturated rings. The number of aryl methyl sites for hydroxylation is 1. The number of hydrogen-bond donors (Lipinski definition) is 1. The summed E-state index contributed by atoms with van der Waals surface area (Å²) in [6.07, 6.45) is 2.41. The number of nitrogens with zero attached hydrogens (tertiary/aromatic N) is 6. The summed E-state index contributed by atoms with van der Waals surface area (Å²) in [7, 11) is 1.56. The Morgan fingerprint density at radius 3 is 2.82 bits per heavy atom. The maximum Gasteiger partial charge on any atom is 0.319 e. The SMILES string of the molecule is C[C@@H]1CN2c3nc(OC[C@@]45CCCN4CC(F)(F)C5)nc4c(F)c(-c5c(F)ccc6cnn(C)c56)c(F)c(c34)OC[C@@H]2CN1. The third kappa shape index (κ3) is 4.06. The minimum absolute atomic E-state index is 0.0124. The van der Waals surface area contributed by atoms with Crippen LogP contribution >= 0.6 is 0 Å². The zero-order chi connectivity index (χ0) is 30.5. The van der Waals surface area contributed by atoms with Gasteiger partial charge in [0.2, 0.25) is 0 Å². The molecule has 0 spiro atoms. The quantitative estimate of drug-likeness (QED) is 0.339. The van der Waals surface area contributed by atoms with Crippen LogP contribution in [0.3, 0.4) is 0 Å². The molecule has 4 aliphatic heterocycles. The van der Waals surface area contributed by atoms with Crippen LogP contribution in [-0.2, 0) is 7.05 Å². The highest BCUT2D eigenvalue weighted by Crippen LogP contribution is 2.48. The van der Waals surface area contributed by atoms with Crippen molar-refractivity contribution in [2.75, 3.05) is 44.3 Å². The molecule has 8 rings (SSSR count). The summed E-state index contributed by atoms with van der Waals surface area (Å²) < 4.78 is 91.2. The van der Waals surface area contributed by atoms with Crippen LogP contribution < -0.4 is 19.7 Å². The Kier molecular flexibility index (Phi) is 6.06. The van der Waals surface area contributed by atoms with Gasteiger partial charge in [-0.3, -0.25) is 9.58 Å². The molecule has 44 heavy (non-hydrogen) atoms. The van der Waals surface area contributed by atoms with Crippen LogP contribution in [0.1, 0.15) is 26.2 Å². The molecule has 0 unspecified atom stereocenters. The van der Waals surface area contributed by atoms with Crippen LogP contribution in [0, 0.1) is 17.5 Å². The minimum atomic E-state index is -2.84. The highest BCUT2D eigenvalue weighted by molar-refractivity contribution is 6.03. The van der Waals surface area contributed by atoms with E-state index in [0.29, 0.717) is 31.4 Å². The number of anilines is 1. The van der Waals surface area contributed by atoms with E-state index in [1.807, 2.05) is 11.8 Å². The van der Waals surface area contributed by atoms with Gasteiger partial charge in [0.05, 0.1) is 40.8 Å². The zero-order valence-corrected chi connectivity index (χ0v) is 24.1. The summed E-state index contributed by atoms with van der Waals surface area (Å²) in [5, 5.41) is 8.03. The largest absolute Gasteiger partial charge is 0.487 e. The lowest BCUT2D eigenvalue weighted by Gasteiger charge is -2.38. The number of fused-ring (bicyclic) bond motifs is 4. The third-order valence-corrected chi connectivity index (χ3v) is 9.57. The fraction of sp³-hybridized carbons (Fsp3) is 0.500. The Morgan fingerprint density at radius 1 is 1.14 bits per heavy atom. The summed E-state index contributed by atoms with van der Waals surface area (Å²) in [6, 6.07) is 2.14. The number of halogens is 5. The van der Waals surface area contributed by atoms with Crippen molar-refractivity contribution < 1.29 is 31.4 Å². The number of hydrogen-bond acceptors (Lipinski definition) is 8. The van der Waals surface area contributed by atoms with Crippen molar-refractivity contribution in [2.24, 2.45) is 7.05 Å².